The van der Waals surface area contributed by atoms with Crippen LogP contribution < -0.4 is 0 Å². The highest BCUT2D eigenvalue weighted by Gasteiger charge is 2.29. The van der Waals surface area contributed by atoms with Crippen LogP contribution in [0.1, 0.15) is 5.76 Å². The van der Waals surface area contributed by atoms with E-state index in [0.717, 1.165) is 0 Å². The number of thiocarbonyl (C=S) groups is 1. The molecule has 1 saturated heterocycles. The number of carbonyl (C=O) groups is 1. The molecule has 1 aliphatic heterocycles. The van der Waals surface area contributed by atoms with Gasteiger partial charge in [0.2, 0.25) is 0 Å². The lowest BCUT2D eigenvalue weighted by atomic mass is 10.2. The molecule has 1 aromatic heterocycles. The van der Waals surface area contributed by atoms with Crippen molar-refractivity contribution in [1.29, 1.82) is 0 Å². The number of amides is 1. The van der Waals surface area contributed by atoms with Crippen LogP contribution in [0.3, 0.4) is 0 Å². The molecule has 22 heavy (non-hydrogen) atoms. The van der Waals surface area contributed by atoms with Gasteiger partial charge in [-0.2, -0.15) is 0 Å². The maximum Gasteiger partial charge on any atom is 0.266 e. The zero-order chi connectivity index (χ0) is 15.9. The number of thioether (sulfide) groups is 1. The average molecular weight is 354 g/mol. The molecule has 3 rings (SSSR count). The molecule has 0 atom stereocenters. The number of carbonyl (C=O) groups excluding carboxylic acids is 1. The van der Waals surface area contributed by atoms with E-state index in [1.165, 1.54) is 28.8 Å². The first-order valence-electron chi connectivity index (χ1n) is 6.22. The molecular formula is C15H9ClFNO2S2. The highest BCUT2D eigenvalue weighted by molar-refractivity contribution is 8.26. The third-order valence-electron chi connectivity index (χ3n) is 3.09. The molecule has 0 aliphatic carbocycles. The Kier molecular flexibility index (Phi) is 4.08. The minimum Gasteiger partial charge on any atom is -0.457 e. The van der Waals surface area contributed by atoms with Crippen LogP contribution in [0.5, 0.6) is 0 Å². The molecule has 7 heteroatoms. The zero-order valence-corrected chi connectivity index (χ0v) is 13.7. The van der Waals surface area contributed by atoms with Gasteiger partial charge in [-0.3, -0.25) is 9.69 Å². The molecule has 0 N–H and O–H groups in total. The van der Waals surface area contributed by atoms with Crippen molar-refractivity contribution in [2.24, 2.45) is 0 Å². The smallest absolute Gasteiger partial charge is 0.266 e. The number of nitrogens with zero attached hydrogens (tertiary/aromatic N) is 1. The number of rotatable bonds is 2. The van der Waals surface area contributed by atoms with Gasteiger partial charge in [-0.1, -0.05) is 35.6 Å². The molecule has 2 aromatic rings. The van der Waals surface area contributed by atoms with Crippen molar-refractivity contribution < 1.29 is 13.6 Å². The van der Waals surface area contributed by atoms with E-state index in [4.69, 9.17) is 28.2 Å². The van der Waals surface area contributed by atoms with Crippen molar-refractivity contribution in [2.45, 2.75) is 0 Å². The minimum absolute atomic E-state index is 0.0299. The standard InChI is InChI=1S/C15H9ClFNO2S2/c1-18-14(19)13(22-15(18)21)7-9-3-5-12(20-9)8-2-4-11(17)10(16)6-8/h2-7H,1H3/b13-7-. The number of likely N-dealkylation sites (N-methyl/N-ethyl adjacent to an activating group) is 1. The highest BCUT2D eigenvalue weighted by atomic mass is 35.5. The van der Waals surface area contributed by atoms with Gasteiger partial charge in [-0.25, -0.2) is 4.39 Å². The predicted octanol–water partition coefficient (Wildman–Crippen LogP) is 4.57. The summed E-state index contributed by atoms with van der Waals surface area (Å²) in [7, 11) is 1.63. The second-order valence-electron chi connectivity index (χ2n) is 4.57. The topological polar surface area (TPSA) is 33.5 Å². The maximum absolute atomic E-state index is 13.2. The van der Waals surface area contributed by atoms with Crippen LogP contribution in [-0.4, -0.2) is 22.2 Å². The van der Waals surface area contributed by atoms with Crippen LogP contribution >= 0.6 is 35.6 Å². The van der Waals surface area contributed by atoms with Gasteiger partial charge in [-0.05, 0) is 30.3 Å². The Hall–Kier alpha value is -1.63. The molecule has 1 aromatic carbocycles. The van der Waals surface area contributed by atoms with Crippen molar-refractivity contribution in [3.05, 3.63) is 51.8 Å². The Labute approximate surface area is 140 Å². The summed E-state index contributed by atoms with van der Waals surface area (Å²) < 4.78 is 19.3. The summed E-state index contributed by atoms with van der Waals surface area (Å²) in [5.74, 6) is 0.422. The van der Waals surface area contributed by atoms with Crippen LogP contribution in [0.4, 0.5) is 4.39 Å². The van der Waals surface area contributed by atoms with E-state index < -0.39 is 5.82 Å². The maximum atomic E-state index is 13.2. The summed E-state index contributed by atoms with van der Waals surface area (Å²) in [6.45, 7) is 0. The van der Waals surface area contributed by atoms with Gasteiger partial charge in [0.15, 0.2) is 0 Å². The fourth-order valence-electron chi connectivity index (χ4n) is 1.91. The minimum atomic E-state index is -0.483. The van der Waals surface area contributed by atoms with E-state index in [-0.39, 0.29) is 10.9 Å². The van der Waals surface area contributed by atoms with E-state index >= 15 is 0 Å². The Morgan fingerprint density at radius 1 is 1.36 bits per heavy atom. The first-order valence-corrected chi connectivity index (χ1v) is 7.83. The quantitative estimate of drug-likeness (QED) is 0.585. The number of hydrogen-bond acceptors (Lipinski definition) is 4. The third kappa shape index (κ3) is 2.82. The lowest BCUT2D eigenvalue weighted by Gasteiger charge is -2.03. The molecule has 0 saturated carbocycles. The van der Waals surface area contributed by atoms with Gasteiger partial charge < -0.3 is 4.42 Å². The predicted molar refractivity (Wildman–Crippen MR) is 90.0 cm³/mol. The molecular weight excluding hydrogens is 345 g/mol. The second kappa shape index (κ2) is 5.87. The summed E-state index contributed by atoms with van der Waals surface area (Å²) in [6.07, 6.45) is 1.64. The van der Waals surface area contributed by atoms with Crippen LogP contribution in [-0.2, 0) is 4.79 Å². The number of halogens is 2. The summed E-state index contributed by atoms with van der Waals surface area (Å²) in [6, 6.07) is 7.82. The Morgan fingerprint density at radius 3 is 2.77 bits per heavy atom. The molecule has 2 heterocycles. The molecule has 3 nitrogen and oxygen atoms in total. The Morgan fingerprint density at radius 2 is 2.14 bits per heavy atom. The summed E-state index contributed by atoms with van der Waals surface area (Å²) in [4.78, 5) is 13.8. The second-order valence-corrected chi connectivity index (χ2v) is 6.65. The Balaban J connectivity index is 1.90. The van der Waals surface area contributed by atoms with E-state index in [2.05, 4.69) is 0 Å². The zero-order valence-electron chi connectivity index (χ0n) is 11.3. The lowest BCUT2D eigenvalue weighted by Crippen LogP contribution is -2.22. The van der Waals surface area contributed by atoms with Gasteiger partial charge in [0.05, 0.1) is 9.93 Å². The molecule has 0 unspecified atom stereocenters. The van der Waals surface area contributed by atoms with Crippen molar-refractivity contribution in [1.82, 2.24) is 4.90 Å². The monoisotopic (exact) mass is 353 g/mol. The van der Waals surface area contributed by atoms with E-state index in [1.54, 1.807) is 31.3 Å². The van der Waals surface area contributed by atoms with E-state index in [1.807, 2.05) is 0 Å². The molecule has 0 spiro atoms. The molecule has 112 valence electrons. The fourth-order valence-corrected chi connectivity index (χ4v) is 3.25. The van der Waals surface area contributed by atoms with Gasteiger partial charge in [0, 0.05) is 18.7 Å². The molecule has 0 radical (unpaired) electrons. The summed E-state index contributed by atoms with van der Waals surface area (Å²) in [5.41, 5.74) is 0.661. The highest BCUT2D eigenvalue weighted by Crippen LogP contribution is 2.33. The molecule has 0 bridgehead atoms. The number of furan rings is 1. The van der Waals surface area contributed by atoms with Crippen molar-refractivity contribution in [3.63, 3.8) is 0 Å². The van der Waals surface area contributed by atoms with Gasteiger partial charge in [0.25, 0.3) is 5.91 Å². The average Bonchev–Trinajstić information content (AvgIpc) is 3.04. The van der Waals surface area contributed by atoms with Crippen LogP contribution in [0.25, 0.3) is 17.4 Å². The van der Waals surface area contributed by atoms with Gasteiger partial charge >= 0.3 is 0 Å². The van der Waals surface area contributed by atoms with Crippen molar-refractivity contribution >= 4 is 51.9 Å². The molecule has 1 amide bonds. The Bertz CT molecular complexity index is 816. The van der Waals surface area contributed by atoms with Gasteiger partial charge in [0.1, 0.15) is 21.7 Å². The first kappa shape index (κ1) is 15.3. The number of hydrogen-bond donors (Lipinski definition) is 0. The molecule has 1 fully saturated rings. The summed E-state index contributed by atoms with van der Waals surface area (Å²) >= 11 is 12.1. The van der Waals surface area contributed by atoms with Gasteiger partial charge in [-0.15, -0.1) is 0 Å². The summed E-state index contributed by atoms with van der Waals surface area (Å²) in [5, 5.41) is 0.0299. The SMILES string of the molecule is CN1C(=O)/C(=C/c2ccc(-c3ccc(F)c(Cl)c3)o2)SC1=S. The van der Waals surface area contributed by atoms with Crippen molar-refractivity contribution in [2.75, 3.05) is 7.05 Å². The number of benzene rings is 1. The van der Waals surface area contributed by atoms with Crippen LogP contribution in [0.15, 0.2) is 39.7 Å². The first-order chi connectivity index (χ1) is 10.5. The third-order valence-corrected chi connectivity index (χ3v) is 4.87. The normalized spacial score (nSPS) is 16.9. The van der Waals surface area contributed by atoms with Crippen molar-refractivity contribution in [3.8, 4) is 11.3 Å². The fraction of sp³-hybridized carbons (Fsp3) is 0.0667. The lowest BCUT2D eigenvalue weighted by molar-refractivity contribution is -0.121. The molecule has 1 aliphatic rings. The van der Waals surface area contributed by atoms with Crippen LogP contribution in [0, 0.1) is 5.82 Å². The van der Waals surface area contributed by atoms with E-state index in [9.17, 15) is 9.18 Å². The van der Waals surface area contributed by atoms with E-state index in [0.29, 0.717) is 26.3 Å². The van der Waals surface area contributed by atoms with Crippen LogP contribution in [0.2, 0.25) is 5.02 Å². The largest absolute Gasteiger partial charge is 0.457 e.